The number of Topliss-reactive ketones (excluding diaryl/α,β-unsaturated/α-hetero) is 1. The van der Waals surface area contributed by atoms with Crippen molar-refractivity contribution in [1.29, 1.82) is 0 Å². The van der Waals surface area contributed by atoms with E-state index >= 15 is 0 Å². The second-order valence-corrected chi connectivity index (χ2v) is 6.32. The summed E-state index contributed by atoms with van der Waals surface area (Å²) in [6.07, 6.45) is 1.23. The quantitative estimate of drug-likeness (QED) is 0.594. The monoisotopic (exact) mass is 380 g/mol. The van der Waals surface area contributed by atoms with Crippen LogP contribution in [0.4, 0.5) is 5.69 Å². The average Bonchev–Trinajstić information content (AvgIpc) is 3.14. The first-order valence-corrected chi connectivity index (χ1v) is 8.69. The van der Waals surface area contributed by atoms with E-state index in [9.17, 15) is 14.4 Å². The molecule has 0 saturated carbocycles. The van der Waals surface area contributed by atoms with Crippen LogP contribution >= 0.6 is 0 Å². The van der Waals surface area contributed by atoms with E-state index in [0.717, 1.165) is 5.56 Å². The molecule has 0 aliphatic carbocycles. The number of rotatable bonds is 6. The zero-order valence-electron chi connectivity index (χ0n) is 15.6. The molecule has 0 fully saturated rings. The number of carbonyl (C=O) groups excluding carboxylic acids is 3. The van der Waals surface area contributed by atoms with Crippen molar-refractivity contribution >= 4 is 23.3 Å². The zero-order valence-corrected chi connectivity index (χ0v) is 15.6. The summed E-state index contributed by atoms with van der Waals surface area (Å²) in [4.78, 5) is 35.6. The van der Waals surface area contributed by atoms with Crippen molar-refractivity contribution in [3.05, 3.63) is 65.2 Å². The number of carbonyl (C=O) groups is 3. The van der Waals surface area contributed by atoms with E-state index in [1.807, 2.05) is 6.07 Å². The Kier molecular flexibility index (Phi) is 5.74. The molecule has 3 rings (SSSR count). The van der Waals surface area contributed by atoms with Crippen LogP contribution in [0.3, 0.4) is 0 Å². The maximum absolute atomic E-state index is 12.2. The topological polar surface area (TPSA) is 93.7 Å². The maximum Gasteiger partial charge on any atom is 0.248 e. The van der Waals surface area contributed by atoms with Crippen molar-refractivity contribution in [3.63, 3.8) is 0 Å². The molecular weight excluding hydrogens is 360 g/mol. The molecule has 2 aromatic rings. The molecule has 0 atom stereocenters. The van der Waals surface area contributed by atoms with Crippen molar-refractivity contribution in [3.8, 4) is 11.5 Å². The minimum atomic E-state index is -0.425. The summed E-state index contributed by atoms with van der Waals surface area (Å²) in [6.45, 7) is 3.53. The SMILES string of the molecule is CC(=O)c1ccc(NC(=O)/C=C(\C)C(=O)NCc2ccc3c(c2)OCO3)cc1. The fourth-order valence-electron chi connectivity index (χ4n) is 2.60. The summed E-state index contributed by atoms with van der Waals surface area (Å²) in [5, 5.41) is 5.42. The van der Waals surface area contributed by atoms with E-state index in [4.69, 9.17) is 9.47 Å². The molecule has 1 aliphatic rings. The summed E-state index contributed by atoms with van der Waals surface area (Å²) < 4.78 is 10.6. The first-order valence-electron chi connectivity index (χ1n) is 8.69. The molecule has 0 bridgehead atoms. The van der Waals surface area contributed by atoms with Crippen molar-refractivity contribution < 1.29 is 23.9 Å². The average molecular weight is 380 g/mol. The minimum Gasteiger partial charge on any atom is -0.454 e. The molecule has 0 radical (unpaired) electrons. The highest BCUT2D eigenvalue weighted by Crippen LogP contribution is 2.32. The highest BCUT2D eigenvalue weighted by atomic mass is 16.7. The zero-order chi connectivity index (χ0) is 20.1. The van der Waals surface area contributed by atoms with Crippen LogP contribution in [0.25, 0.3) is 0 Å². The van der Waals surface area contributed by atoms with Crippen LogP contribution in [0.2, 0.25) is 0 Å². The Morgan fingerprint density at radius 1 is 1.00 bits per heavy atom. The summed E-state index contributed by atoms with van der Waals surface area (Å²) >= 11 is 0. The number of nitrogens with one attached hydrogen (secondary N) is 2. The van der Waals surface area contributed by atoms with E-state index in [0.29, 0.717) is 29.3 Å². The minimum absolute atomic E-state index is 0.0484. The Bertz CT molecular complexity index is 948. The van der Waals surface area contributed by atoms with Crippen LogP contribution in [-0.2, 0) is 16.1 Å². The second-order valence-electron chi connectivity index (χ2n) is 6.32. The van der Waals surface area contributed by atoms with Gasteiger partial charge in [0.25, 0.3) is 0 Å². The van der Waals surface area contributed by atoms with E-state index in [1.54, 1.807) is 43.3 Å². The van der Waals surface area contributed by atoms with Crippen LogP contribution in [0.1, 0.15) is 29.8 Å². The van der Waals surface area contributed by atoms with E-state index in [1.165, 1.54) is 13.0 Å². The number of amides is 2. The number of ether oxygens (including phenoxy) is 2. The lowest BCUT2D eigenvalue weighted by Gasteiger charge is -2.07. The lowest BCUT2D eigenvalue weighted by molar-refractivity contribution is -0.118. The second kappa shape index (κ2) is 8.39. The molecule has 28 heavy (non-hydrogen) atoms. The number of ketones is 1. The Labute approximate surface area is 162 Å². The van der Waals surface area contributed by atoms with Crippen molar-refractivity contribution in [2.24, 2.45) is 0 Å². The molecule has 2 aromatic carbocycles. The summed E-state index contributed by atoms with van der Waals surface area (Å²) in [5.41, 5.74) is 2.24. The van der Waals surface area contributed by atoms with Gasteiger partial charge in [-0.05, 0) is 55.8 Å². The first-order chi connectivity index (χ1) is 13.4. The Hall–Kier alpha value is -3.61. The fraction of sp³-hybridized carbons (Fsp3) is 0.190. The van der Waals surface area contributed by atoms with Crippen LogP contribution in [0.5, 0.6) is 11.5 Å². The normalized spacial score (nSPS) is 12.4. The molecule has 1 heterocycles. The summed E-state index contributed by atoms with van der Waals surface area (Å²) in [5.74, 6) is 0.507. The highest BCUT2D eigenvalue weighted by molar-refractivity contribution is 6.06. The van der Waals surface area contributed by atoms with Gasteiger partial charge in [0.1, 0.15) is 0 Å². The molecule has 7 heteroatoms. The van der Waals surface area contributed by atoms with Gasteiger partial charge in [-0.2, -0.15) is 0 Å². The third kappa shape index (κ3) is 4.76. The van der Waals surface area contributed by atoms with Crippen LogP contribution in [-0.4, -0.2) is 24.4 Å². The number of fused-ring (bicyclic) bond motifs is 1. The third-order valence-electron chi connectivity index (χ3n) is 4.15. The number of hydrogen-bond acceptors (Lipinski definition) is 5. The van der Waals surface area contributed by atoms with Crippen LogP contribution in [0, 0.1) is 0 Å². The number of benzene rings is 2. The van der Waals surface area contributed by atoms with Gasteiger partial charge in [-0.15, -0.1) is 0 Å². The predicted octanol–water partition coefficient (Wildman–Crippen LogP) is 2.82. The fourth-order valence-corrected chi connectivity index (χ4v) is 2.60. The van der Waals surface area contributed by atoms with Crippen molar-refractivity contribution in [1.82, 2.24) is 5.32 Å². The Morgan fingerprint density at radius 3 is 2.43 bits per heavy atom. The van der Waals surface area contributed by atoms with E-state index < -0.39 is 5.91 Å². The molecule has 2 amide bonds. The van der Waals surface area contributed by atoms with Crippen LogP contribution in [0.15, 0.2) is 54.1 Å². The molecule has 1 aliphatic heterocycles. The number of hydrogen-bond donors (Lipinski definition) is 2. The lowest BCUT2D eigenvalue weighted by atomic mass is 10.1. The number of anilines is 1. The van der Waals surface area contributed by atoms with Gasteiger partial charge in [0, 0.05) is 29.4 Å². The molecule has 0 saturated heterocycles. The van der Waals surface area contributed by atoms with Gasteiger partial charge in [-0.1, -0.05) is 6.07 Å². The summed E-state index contributed by atoms with van der Waals surface area (Å²) in [6, 6.07) is 12.0. The Morgan fingerprint density at radius 2 is 1.71 bits per heavy atom. The van der Waals surface area contributed by atoms with Gasteiger partial charge in [0.15, 0.2) is 17.3 Å². The molecular formula is C21H20N2O5. The van der Waals surface area contributed by atoms with Gasteiger partial charge in [0.05, 0.1) is 0 Å². The lowest BCUT2D eigenvalue weighted by Crippen LogP contribution is -2.24. The van der Waals surface area contributed by atoms with Gasteiger partial charge in [0.2, 0.25) is 18.6 Å². The molecule has 0 spiro atoms. The largest absolute Gasteiger partial charge is 0.454 e. The molecule has 0 aromatic heterocycles. The molecule has 0 unspecified atom stereocenters. The first kappa shape index (κ1) is 19.2. The molecule has 144 valence electrons. The van der Waals surface area contributed by atoms with Gasteiger partial charge in [-0.25, -0.2) is 0 Å². The highest BCUT2D eigenvalue weighted by Gasteiger charge is 2.14. The van der Waals surface area contributed by atoms with E-state index in [2.05, 4.69) is 10.6 Å². The van der Waals surface area contributed by atoms with E-state index in [-0.39, 0.29) is 24.1 Å². The third-order valence-corrected chi connectivity index (χ3v) is 4.15. The Balaban J connectivity index is 1.53. The van der Waals surface area contributed by atoms with Crippen molar-refractivity contribution in [2.45, 2.75) is 20.4 Å². The van der Waals surface area contributed by atoms with Crippen molar-refractivity contribution in [2.75, 3.05) is 12.1 Å². The smallest absolute Gasteiger partial charge is 0.248 e. The molecule has 2 N–H and O–H groups in total. The maximum atomic E-state index is 12.2. The predicted molar refractivity (Wildman–Crippen MR) is 103 cm³/mol. The standard InChI is InChI=1S/C21H20N2O5/c1-13(9-20(25)23-17-6-4-16(5-7-17)14(2)24)21(26)22-11-15-3-8-18-19(10-15)28-12-27-18/h3-10H,11-12H2,1-2H3,(H,22,26)(H,23,25)/b13-9+. The summed E-state index contributed by atoms with van der Waals surface area (Å²) in [7, 11) is 0. The molecule has 7 nitrogen and oxygen atoms in total. The van der Waals surface area contributed by atoms with Gasteiger partial charge in [-0.3, -0.25) is 14.4 Å². The van der Waals surface area contributed by atoms with Crippen LogP contribution < -0.4 is 20.1 Å². The van der Waals surface area contributed by atoms with Gasteiger partial charge >= 0.3 is 0 Å². The van der Waals surface area contributed by atoms with Gasteiger partial charge < -0.3 is 20.1 Å².